The zero-order valence-corrected chi connectivity index (χ0v) is 15.4. The second-order valence-corrected chi connectivity index (χ2v) is 7.84. The van der Waals surface area contributed by atoms with E-state index in [1.165, 1.54) is 62.3 Å². The van der Waals surface area contributed by atoms with Crippen LogP contribution in [0.1, 0.15) is 83.1 Å². The zero-order valence-electron chi connectivity index (χ0n) is 13.8. The van der Waals surface area contributed by atoms with E-state index in [1.54, 1.807) is 5.56 Å². The van der Waals surface area contributed by atoms with Gasteiger partial charge in [-0.25, -0.2) is 0 Å². The lowest BCUT2D eigenvalue weighted by Gasteiger charge is -2.31. The molecule has 118 valence electrons. The van der Waals surface area contributed by atoms with Gasteiger partial charge in [-0.15, -0.1) is 0 Å². The molecule has 0 aliphatic heterocycles. The predicted octanol–water partition coefficient (Wildman–Crippen LogP) is 7.33. The van der Waals surface area contributed by atoms with Crippen molar-refractivity contribution in [2.75, 3.05) is 0 Å². The normalized spacial score (nSPS) is 24.0. The van der Waals surface area contributed by atoms with Crippen LogP contribution in [0.3, 0.4) is 0 Å². The van der Waals surface area contributed by atoms with Crippen LogP contribution in [-0.2, 0) is 0 Å². The van der Waals surface area contributed by atoms with E-state index in [-0.39, 0.29) is 0 Å². The van der Waals surface area contributed by atoms with Crippen LogP contribution in [0, 0.1) is 11.8 Å². The maximum Gasteiger partial charge on any atom is 0.0175 e. The van der Waals surface area contributed by atoms with Crippen molar-refractivity contribution in [3.05, 3.63) is 34.3 Å². The molecule has 1 fully saturated rings. The van der Waals surface area contributed by atoms with Crippen molar-refractivity contribution in [3.8, 4) is 0 Å². The minimum Gasteiger partial charge on any atom is -0.0654 e. The van der Waals surface area contributed by atoms with E-state index in [9.17, 15) is 0 Å². The summed E-state index contributed by atoms with van der Waals surface area (Å²) in [6.45, 7) is 4.70. The highest BCUT2D eigenvalue weighted by Crippen LogP contribution is 2.39. The maximum absolute atomic E-state index is 3.53. The van der Waals surface area contributed by atoms with Gasteiger partial charge in [0.15, 0.2) is 0 Å². The van der Waals surface area contributed by atoms with Gasteiger partial charge in [0.2, 0.25) is 0 Å². The van der Waals surface area contributed by atoms with E-state index in [4.69, 9.17) is 0 Å². The molecule has 0 heterocycles. The average molecular weight is 351 g/mol. The number of benzene rings is 1. The molecule has 0 nitrogen and oxygen atoms in total. The van der Waals surface area contributed by atoms with Crippen LogP contribution in [0.2, 0.25) is 0 Å². The Morgan fingerprint density at radius 1 is 1.05 bits per heavy atom. The highest BCUT2D eigenvalue weighted by atomic mass is 79.9. The van der Waals surface area contributed by atoms with Crippen LogP contribution >= 0.6 is 15.9 Å². The third-order valence-electron chi connectivity index (χ3n) is 5.40. The summed E-state index contributed by atoms with van der Waals surface area (Å²) in [4.78, 5) is 0. The molecule has 0 aromatic heterocycles. The molecule has 1 aromatic rings. The third-order valence-corrected chi connectivity index (χ3v) is 5.93. The molecule has 1 aromatic carbocycles. The van der Waals surface area contributed by atoms with Crippen molar-refractivity contribution in [2.45, 2.75) is 77.6 Å². The van der Waals surface area contributed by atoms with Crippen molar-refractivity contribution in [2.24, 2.45) is 11.8 Å². The Bertz CT molecular complexity index is 387. The molecular weight excluding hydrogens is 320 g/mol. The summed E-state index contributed by atoms with van der Waals surface area (Å²) >= 11 is 3.53. The standard InChI is InChI=1S/C20H31Br/c1-3-5-6-16(4-2)15-17-7-9-18(10-8-17)19-11-13-20(21)14-12-19/h11-14,16-18H,3-10,15H2,1-2H3/t16?,17-,18-. The second-order valence-electron chi connectivity index (χ2n) is 6.92. The van der Waals surface area contributed by atoms with E-state index in [0.717, 1.165) is 17.8 Å². The minimum atomic E-state index is 0.810. The Kier molecular flexibility index (Phi) is 7.29. The van der Waals surface area contributed by atoms with E-state index in [1.807, 2.05) is 0 Å². The molecule has 2 rings (SSSR count). The highest BCUT2D eigenvalue weighted by molar-refractivity contribution is 9.10. The Morgan fingerprint density at radius 3 is 2.29 bits per heavy atom. The van der Waals surface area contributed by atoms with Gasteiger partial charge in [0.05, 0.1) is 0 Å². The number of halogens is 1. The van der Waals surface area contributed by atoms with E-state index >= 15 is 0 Å². The molecule has 0 amide bonds. The van der Waals surface area contributed by atoms with E-state index in [2.05, 4.69) is 54.0 Å². The zero-order chi connectivity index (χ0) is 15.1. The van der Waals surface area contributed by atoms with Crippen LogP contribution < -0.4 is 0 Å². The van der Waals surface area contributed by atoms with Crippen molar-refractivity contribution in [1.29, 1.82) is 0 Å². The summed E-state index contributed by atoms with van der Waals surface area (Å²) in [7, 11) is 0. The Hall–Kier alpha value is -0.300. The topological polar surface area (TPSA) is 0 Å². The number of rotatable bonds is 7. The summed E-state index contributed by atoms with van der Waals surface area (Å²) in [5.74, 6) is 2.79. The lowest BCUT2D eigenvalue weighted by atomic mass is 9.75. The molecule has 1 heteroatoms. The molecular formula is C20H31Br. The molecule has 1 aliphatic rings. The molecule has 21 heavy (non-hydrogen) atoms. The van der Waals surface area contributed by atoms with Crippen LogP contribution in [-0.4, -0.2) is 0 Å². The van der Waals surface area contributed by atoms with Crippen LogP contribution in [0.15, 0.2) is 28.7 Å². The first-order valence-corrected chi connectivity index (χ1v) is 9.77. The van der Waals surface area contributed by atoms with Gasteiger partial charge in [0.1, 0.15) is 0 Å². The highest BCUT2D eigenvalue weighted by Gasteiger charge is 2.24. The third kappa shape index (κ3) is 5.43. The second kappa shape index (κ2) is 8.98. The van der Waals surface area contributed by atoms with Crippen molar-refractivity contribution in [3.63, 3.8) is 0 Å². The largest absolute Gasteiger partial charge is 0.0654 e. The van der Waals surface area contributed by atoms with Crippen molar-refractivity contribution < 1.29 is 0 Å². The fraction of sp³-hybridized carbons (Fsp3) is 0.700. The molecule has 1 unspecified atom stereocenters. The first-order valence-electron chi connectivity index (χ1n) is 8.98. The van der Waals surface area contributed by atoms with Gasteiger partial charge in [-0.1, -0.05) is 67.6 Å². The maximum atomic E-state index is 3.53. The van der Waals surface area contributed by atoms with E-state index < -0.39 is 0 Å². The van der Waals surface area contributed by atoms with Crippen molar-refractivity contribution >= 4 is 15.9 Å². The Labute approximate surface area is 139 Å². The number of unbranched alkanes of at least 4 members (excludes halogenated alkanes) is 1. The van der Waals surface area contributed by atoms with Gasteiger partial charge in [-0.2, -0.15) is 0 Å². The van der Waals surface area contributed by atoms with Gasteiger partial charge in [-0.3, -0.25) is 0 Å². The molecule has 1 aliphatic carbocycles. The van der Waals surface area contributed by atoms with Gasteiger partial charge in [0, 0.05) is 4.47 Å². The summed E-state index contributed by atoms with van der Waals surface area (Å²) in [6, 6.07) is 9.01. The van der Waals surface area contributed by atoms with Gasteiger partial charge < -0.3 is 0 Å². The smallest absolute Gasteiger partial charge is 0.0175 e. The fourth-order valence-electron chi connectivity index (χ4n) is 3.92. The molecule has 0 N–H and O–H groups in total. The molecule has 1 saturated carbocycles. The van der Waals surface area contributed by atoms with Gasteiger partial charge >= 0.3 is 0 Å². The summed E-state index contributed by atoms with van der Waals surface area (Å²) in [5, 5.41) is 0. The van der Waals surface area contributed by atoms with Gasteiger partial charge in [-0.05, 0) is 67.6 Å². The fourth-order valence-corrected chi connectivity index (χ4v) is 4.18. The predicted molar refractivity (Wildman–Crippen MR) is 96.8 cm³/mol. The van der Waals surface area contributed by atoms with Crippen LogP contribution in [0.5, 0.6) is 0 Å². The number of hydrogen-bond acceptors (Lipinski definition) is 0. The Balaban J connectivity index is 1.78. The molecule has 0 saturated heterocycles. The van der Waals surface area contributed by atoms with Crippen LogP contribution in [0.25, 0.3) is 0 Å². The van der Waals surface area contributed by atoms with Crippen LogP contribution in [0.4, 0.5) is 0 Å². The molecule has 0 spiro atoms. The molecule has 1 atom stereocenters. The lowest BCUT2D eigenvalue weighted by Crippen LogP contribution is -2.16. The average Bonchev–Trinajstić information content (AvgIpc) is 2.53. The molecule has 0 radical (unpaired) electrons. The number of hydrogen-bond donors (Lipinski definition) is 0. The van der Waals surface area contributed by atoms with Crippen molar-refractivity contribution in [1.82, 2.24) is 0 Å². The summed E-state index contributed by atoms with van der Waals surface area (Å²) in [5.41, 5.74) is 1.55. The Morgan fingerprint density at radius 2 is 1.71 bits per heavy atom. The molecule has 0 bridgehead atoms. The summed E-state index contributed by atoms with van der Waals surface area (Å²) in [6.07, 6.45) is 12.8. The first-order chi connectivity index (χ1) is 10.2. The minimum absolute atomic E-state index is 0.810. The lowest BCUT2D eigenvalue weighted by molar-refractivity contribution is 0.256. The monoisotopic (exact) mass is 350 g/mol. The first kappa shape index (κ1) is 17.1. The van der Waals surface area contributed by atoms with Gasteiger partial charge in [0.25, 0.3) is 0 Å². The SMILES string of the molecule is CCCCC(CC)C[C@H]1CC[C@H](c2ccc(Br)cc2)CC1. The van der Waals surface area contributed by atoms with E-state index in [0.29, 0.717) is 0 Å². The summed E-state index contributed by atoms with van der Waals surface area (Å²) < 4.78 is 1.20. The quantitative estimate of drug-likeness (QED) is 0.482.